The van der Waals surface area contributed by atoms with Gasteiger partial charge in [-0.05, 0) is 38.5 Å². The second-order valence-electron chi connectivity index (χ2n) is 7.62. The van der Waals surface area contributed by atoms with E-state index in [-0.39, 0.29) is 22.3 Å². The normalized spacial score (nSPS) is 23.3. The highest BCUT2D eigenvalue weighted by Crippen LogP contribution is 2.30. The lowest BCUT2D eigenvalue weighted by Crippen LogP contribution is -2.47. The van der Waals surface area contributed by atoms with Crippen LogP contribution in [0.2, 0.25) is 0 Å². The summed E-state index contributed by atoms with van der Waals surface area (Å²) < 4.78 is 32.6. The van der Waals surface area contributed by atoms with Crippen molar-refractivity contribution in [3.63, 3.8) is 0 Å². The van der Waals surface area contributed by atoms with Crippen molar-refractivity contribution in [1.82, 2.24) is 14.5 Å². The topological polar surface area (TPSA) is 99.9 Å². The molecule has 1 aromatic rings. The number of carbonyl (C=O) groups excluding carboxylic acids is 2. The fraction of sp³-hybridized carbons (Fsp3) is 0.667. The van der Waals surface area contributed by atoms with Crippen molar-refractivity contribution in [2.24, 2.45) is 5.92 Å². The third-order valence-electron chi connectivity index (χ3n) is 5.47. The zero-order chi connectivity index (χ0) is 19.9. The molecule has 10 heteroatoms. The molecule has 2 aliphatic heterocycles. The highest BCUT2D eigenvalue weighted by Gasteiger charge is 2.38. The molecule has 0 bridgehead atoms. The van der Waals surface area contributed by atoms with Crippen molar-refractivity contribution in [3.8, 4) is 0 Å². The number of carbonyl (C=O) groups is 2. The maximum atomic E-state index is 13.0. The number of hydrogen-bond acceptors (Lipinski definition) is 6. The van der Waals surface area contributed by atoms with Crippen LogP contribution in [0, 0.1) is 12.8 Å². The lowest BCUT2D eigenvalue weighted by molar-refractivity contribution is -0.124. The number of sulfonamides is 1. The van der Waals surface area contributed by atoms with Crippen molar-refractivity contribution in [2.75, 3.05) is 31.3 Å². The van der Waals surface area contributed by atoms with Gasteiger partial charge in [-0.1, -0.05) is 0 Å². The van der Waals surface area contributed by atoms with Gasteiger partial charge in [-0.15, -0.1) is 11.8 Å². The summed E-state index contributed by atoms with van der Waals surface area (Å²) in [6.45, 7) is 3.18. The minimum absolute atomic E-state index is 0.0298. The van der Waals surface area contributed by atoms with Gasteiger partial charge in [-0.3, -0.25) is 9.59 Å². The van der Waals surface area contributed by atoms with E-state index in [1.807, 2.05) is 0 Å². The maximum Gasteiger partial charge on any atom is 0.291 e. The zero-order valence-corrected chi connectivity index (χ0v) is 17.5. The van der Waals surface area contributed by atoms with Gasteiger partial charge < -0.3 is 14.6 Å². The molecule has 2 amide bonds. The lowest BCUT2D eigenvalue weighted by atomic mass is 10.2. The van der Waals surface area contributed by atoms with Gasteiger partial charge >= 0.3 is 0 Å². The van der Waals surface area contributed by atoms with Crippen LogP contribution in [0.1, 0.15) is 42.0 Å². The number of aryl methyl sites for hydroxylation is 1. The number of rotatable bonds is 6. The first-order valence-corrected chi connectivity index (χ1v) is 12.2. The average Bonchev–Trinajstić information content (AvgIpc) is 3.11. The maximum absolute atomic E-state index is 13.0. The number of nitrogens with zero attached hydrogens (tertiary/aromatic N) is 2. The molecule has 4 rings (SSSR count). The van der Waals surface area contributed by atoms with Crippen LogP contribution < -0.4 is 5.32 Å². The summed E-state index contributed by atoms with van der Waals surface area (Å²) in [4.78, 5) is 26.9. The standard InChI is InChI=1S/C18H25N3O5S2/c1-12-16(28(24,25)20-6-2-3-7-20)8-15(26-12)18(23)21-11-27-10-14(21)17(22)19-9-13-4-5-13/h8,13-14H,2-7,9-11H2,1H3,(H,19,22)/t14-/m1/s1. The van der Waals surface area contributed by atoms with E-state index in [4.69, 9.17) is 4.42 Å². The Morgan fingerprint density at radius 2 is 2.00 bits per heavy atom. The van der Waals surface area contributed by atoms with E-state index in [9.17, 15) is 18.0 Å². The molecule has 0 aromatic carbocycles. The molecule has 1 saturated carbocycles. The second kappa shape index (κ2) is 7.72. The van der Waals surface area contributed by atoms with E-state index >= 15 is 0 Å². The molecule has 8 nitrogen and oxygen atoms in total. The molecule has 154 valence electrons. The van der Waals surface area contributed by atoms with E-state index < -0.39 is 22.0 Å². The van der Waals surface area contributed by atoms with Crippen molar-refractivity contribution >= 4 is 33.6 Å². The number of nitrogens with one attached hydrogen (secondary N) is 1. The smallest absolute Gasteiger partial charge is 0.291 e. The molecule has 1 atom stereocenters. The fourth-order valence-electron chi connectivity index (χ4n) is 3.58. The van der Waals surface area contributed by atoms with E-state index in [1.54, 1.807) is 6.92 Å². The van der Waals surface area contributed by atoms with Crippen LogP contribution >= 0.6 is 11.8 Å². The molecular formula is C18H25N3O5S2. The molecule has 3 aliphatic rings. The van der Waals surface area contributed by atoms with E-state index in [0.717, 1.165) is 25.7 Å². The van der Waals surface area contributed by atoms with Gasteiger partial charge in [0.05, 0.1) is 5.88 Å². The predicted molar refractivity (Wildman–Crippen MR) is 104 cm³/mol. The molecular weight excluding hydrogens is 402 g/mol. The van der Waals surface area contributed by atoms with Gasteiger partial charge in [-0.25, -0.2) is 8.42 Å². The van der Waals surface area contributed by atoms with Crippen LogP contribution in [0.15, 0.2) is 15.4 Å². The molecule has 0 radical (unpaired) electrons. The van der Waals surface area contributed by atoms with Crippen molar-refractivity contribution < 1.29 is 22.4 Å². The van der Waals surface area contributed by atoms with Crippen LogP contribution in [-0.4, -0.2) is 66.7 Å². The average molecular weight is 428 g/mol. The summed E-state index contributed by atoms with van der Waals surface area (Å²) in [7, 11) is -3.66. The summed E-state index contributed by atoms with van der Waals surface area (Å²) in [5.74, 6) is 1.05. The summed E-state index contributed by atoms with van der Waals surface area (Å²) in [6, 6.07) is 0.758. The number of thioether (sulfide) groups is 1. The Balaban J connectivity index is 1.50. The van der Waals surface area contributed by atoms with Crippen molar-refractivity contribution in [1.29, 1.82) is 0 Å². The Morgan fingerprint density at radius 3 is 2.68 bits per heavy atom. The fourth-order valence-corrected chi connectivity index (χ4v) is 6.41. The van der Waals surface area contributed by atoms with Gasteiger partial charge in [-0.2, -0.15) is 4.31 Å². The molecule has 3 heterocycles. The monoisotopic (exact) mass is 427 g/mol. The zero-order valence-electron chi connectivity index (χ0n) is 15.8. The third-order valence-corrected chi connectivity index (χ3v) is 8.49. The van der Waals surface area contributed by atoms with E-state index in [2.05, 4.69) is 5.32 Å². The highest BCUT2D eigenvalue weighted by atomic mass is 32.2. The summed E-state index contributed by atoms with van der Waals surface area (Å²) in [6.07, 6.45) is 3.96. The number of hydrogen-bond donors (Lipinski definition) is 1. The first-order valence-electron chi connectivity index (χ1n) is 9.65. The molecule has 0 spiro atoms. The van der Waals surface area contributed by atoms with Crippen LogP contribution in [0.25, 0.3) is 0 Å². The van der Waals surface area contributed by atoms with Gasteiger partial charge in [0.15, 0.2) is 5.76 Å². The quantitative estimate of drug-likeness (QED) is 0.737. The van der Waals surface area contributed by atoms with E-state index in [0.29, 0.717) is 37.2 Å². The first-order chi connectivity index (χ1) is 13.4. The van der Waals surface area contributed by atoms with Gasteiger partial charge in [0.2, 0.25) is 15.9 Å². The SMILES string of the molecule is Cc1oc(C(=O)N2CSC[C@@H]2C(=O)NCC2CC2)cc1S(=O)(=O)N1CCCC1. The number of furan rings is 1. The van der Waals surface area contributed by atoms with Crippen LogP contribution in [0.3, 0.4) is 0 Å². The Morgan fingerprint density at radius 1 is 1.29 bits per heavy atom. The molecule has 1 aromatic heterocycles. The first kappa shape index (κ1) is 19.8. The Bertz CT molecular complexity index is 872. The lowest BCUT2D eigenvalue weighted by Gasteiger charge is -2.22. The number of amides is 2. The van der Waals surface area contributed by atoms with Crippen LogP contribution in [-0.2, 0) is 14.8 Å². The largest absolute Gasteiger partial charge is 0.455 e. The van der Waals surface area contributed by atoms with Gasteiger partial charge in [0, 0.05) is 31.5 Å². The van der Waals surface area contributed by atoms with Gasteiger partial charge in [0.1, 0.15) is 16.7 Å². The minimum Gasteiger partial charge on any atom is -0.455 e. The summed E-state index contributed by atoms with van der Waals surface area (Å²) in [5, 5.41) is 2.92. The highest BCUT2D eigenvalue weighted by molar-refractivity contribution is 7.99. The van der Waals surface area contributed by atoms with Crippen LogP contribution in [0.4, 0.5) is 0 Å². The molecule has 28 heavy (non-hydrogen) atoms. The molecule has 0 unspecified atom stereocenters. The van der Waals surface area contributed by atoms with Crippen molar-refractivity contribution in [3.05, 3.63) is 17.6 Å². The Kier molecular flexibility index (Phi) is 5.45. The Labute approximate surface area is 169 Å². The van der Waals surface area contributed by atoms with Gasteiger partial charge in [0.25, 0.3) is 5.91 Å². The van der Waals surface area contributed by atoms with E-state index in [1.165, 1.54) is 27.0 Å². The van der Waals surface area contributed by atoms with Crippen molar-refractivity contribution in [2.45, 2.75) is 43.5 Å². The second-order valence-corrected chi connectivity index (χ2v) is 10.5. The molecule has 1 N–H and O–H groups in total. The predicted octanol–water partition coefficient (Wildman–Crippen LogP) is 1.41. The summed E-state index contributed by atoms with van der Waals surface area (Å²) >= 11 is 1.50. The molecule has 3 fully saturated rings. The minimum atomic E-state index is -3.66. The Hall–Kier alpha value is -1.52. The molecule has 2 saturated heterocycles. The summed E-state index contributed by atoms with van der Waals surface area (Å²) in [5.41, 5.74) is 0. The molecule has 1 aliphatic carbocycles. The third kappa shape index (κ3) is 3.81. The van der Waals surface area contributed by atoms with Crippen LogP contribution in [0.5, 0.6) is 0 Å².